The zero-order valence-electron chi connectivity index (χ0n) is 16.6. The van der Waals surface area contributed by atoms with Crippen molar-refractivity contribution in [1.29, 1.82) is 0 Å². The van der Waals surface area contributed by atoms with E-state index in [0.717, 1.165) is 17.7 Å². The number of rotatable bonds is 4. The van der Waals surface area contributed by atoms with Crippen molar-refractivity contribution in [2.45, 2.75) is 32.0 Å². The van der Waals surface area contributed by atoms with E-state index in [0.29, 0.717) is 37.1 Å². The largest absolute Gasteiger partial charge is 0.416 e. The van der Waals surface area contributed by atoms with Gasteiger partial charge in [0.15, 0.2) is 0 Å². The molecule has 1 aliphatic rings. The summed E-state index contributed by atoms with van der Waals surface area (Å²) in [7, 11) is 0. The van der Waals surface area contributed by atoms with Crippen LogP contribution in [0.25, 0.3) is 11.4 Å². The number of fused-ring (bicyclic) bond motifs is 1. The molecule has 1 amide bonds. The summed E-state index contributed by atoms with van der Waals surface area (Å²) in [6, 6.07) is 14.4. The molecule has 0 saturated heterocycles. The van der Waals surface area contributed by atoms with Gasteiger partial charge in [-0.25, -0.2) is 4.98 Å². The van der Waals surface area contributed by atoms with Gasteiger partial charge in [-0.3, -0.25) is 9.59 Å². The maximum Gasteiger partial charge on any atom is 0.416 e. The Morgan fingerprint density at radius 1 is 1.10 bits per heavy atom. The number of hydrogen-bond acceptors (Lipinski definition) is 3. The van der Waals surface area contributed by atoms with Gasteiger partial charge in [0.1, 0.15) is 5.82 Å². The molecule has 0 radical (unpaired) electrons. The predicted octanol–water partition coefficient (Wildman–Crippen LogP) is 3.97. The molecule has 1 aliphatic heterocycles. The molecule has 160 valence electrons. The number of halogens is 3. The van der Waals surface area contributed by atoms with E-state index < -0.39 is 17.3 Å². The van der Waals surface area contributed by atoms with E-state index in [4.69, 9.17) is 0 Å². The van der Waals surface area contributed by atoms with Gasteiger partial charge in [-0.05, 0) is 24.1 Å². The number of aromatic amines is 1. The topological polar surface area (TPSA) is 66.1 Å². The lowest BCUT2D eigenvalue weighted by Crippen LogP contribution is -2.39. The van der Waals surface area contributed by atoms with Crippen molar-refractivity contribution in [3.8, 4) is 11.4 Å². The standard InChI is InChI=1S/C23H20F3N3O2/c24-23(25,26)17-8-4-7-16(13-17)21-27-19-11-12-29(14-18(19)22(31)28-21)20(30)10-9-15-5-2-1-3-6-15/h1-8,13H,9-12,14H2,(H,27,28,31). The summed E-state index contributed by atoms with van der Waals surface area (Å²) in [6.45, 7) is 0.563. The van der Waals surface area contributed by atoms with E-state index in [1.54, 1.807) is 4.90 Å². The SMILES string of the molecule is O=C(CCc1ccccc1)N1CCc2nc(-c3cccc(C(F)(F)F)c3)[nH]c(=O)c2C1. The molecule has 0 saturated carbocycles. The number of benzene rings is 2. The van der Waals surface area contributed by atoms with Crippen molar-refractivity contribution in [2.75, 3.05) is 6.54 Å². The molecule has 1 N–H and O–H groups in total. The van der Waals surface area contributed by atoms with Crippen molar-refractivity contribution in [3.63, 3.8) is 0 Å². The van der Waals surface area contributed by atoms with Crippen LogP contribution in [0.3, 0.4) is 0 Å². The second kappa shape index (κ2) is 8.37. The Kier molecular flexibility index (Phi) is 5.63. The Morgan fingerprint density at radius 3 is 2.61 bits per heavy atom. The minimum Gasteiger partial charge on any atom is -0.338 e. The van der Waals surface area contributed by atoms with Gasteiger partial charge in [0, 0.05) is 24.9 Å². The van der Waals surface area contributed by atoms with E-state index in [-0.39, 0.29) is 23.8 Å². The highest BCUT2D eigenvalue weighted by Gasteiger charge is 2.31. The minimum atomic E-state index is -4.48. The molecule has 0 bridgehead atoms. The lowest BCUT2D eigenvalue weighted by atomic mass is 10.0. The zero-order valence-corrected chi connectivity index (χ0v) is 16.6. The number of carbonyl (C=O) groups is 1. The molecule has 2 heterocycles. The highest BCUT2D eigenvalue weighted by molar-refractivity contribution is 5.76. The molecule has 5 nitrogen and oxygen atoms in total. The minimum absolute atomic E-state index is 0.0455. The van der Waals surface area contributed by atoms with Crippen LogP contribution in [0, 0.1) is 0 Å². The molecule has 0 unspecified atom stereocenters. The number of H-pyrrole nitrogens is 1. The highest BCUT2D eigenvalue weighted by atomic mass is 19.4. The van der Waals surface area contributed by atoms with Crippen LogP contribution in [0.4, 0.5) is 13.2 Å². The van der Waals surface area contributed by atoms with Gasteiger partial charge in [-0.2, -0.15) is 13.2 Å². The van der Waals surface area contributed by atoms with E-state index in [1.165, 1.54) is 12.1 Å². The summed E-state index contributed by atoms with van der Waals surface area (Å²) in [5, 5.41) is 0. The second-order valence-corrected chi connectivity index (χ2v) is 7.47. The summed E-state index contributed by atoms with van der Waals surface area (Å²) in [5.41, 5.74) is 0.923. The number of carbonyl (C=O) groups excluding carboxylic acids is 1. The maximum absolute atomic E-state index is 13.0. The lowest BCUT2D eigenvalue weighted by molar-refractivity contribution is -0.137. The fourth-order valence-corrected chi connectivity index (χ4v) is 3.67. The first kappa shape index (κ1) is 20.8. The number of aryl methyl sites for hydroxylation is 1. The van der Waals surface area contributed by atoms with Crippen molar-refractivity contribution in [2.24, 2.45) is 0 Å². The molecule has 2 aromatic carbocycles. The monoisotopic (exact) mass is 427 g/mol. The predicted molar refractivity (Wildman–Crippen MR) is 109 cm³/mol. The van der Waals surface area contributed by atoms with Crippen LogP contribution in [0.5, 0.6) is 0 Å². The van der Waals surface area contributed by atoms with Gasteiger partial charge in [0.25, 0.3) is 5.56 Å². The van der Waals surface area contributed by atoms with Crippen LogP contribution in [0.1, 0.15) is 28.8 Å². The van der Waals surface area contributed by atoms with Gasteiger partial charge in [-0.1, -0.05) is 42.5 Å². The van der Waals surface area contributed by atoms with Gasteiger partial charge in [0.05, 0.1) is 23.4 Å². The maximum atomic E-state index is 13.0. The van der Waals surface area contributed by atoms with Gasteiger partial charge in [-0.15, -0.1) is 0 Å². The van der Waals surface area contributed by atoms with Gasteiger partial charge < -0.3 is 9.88 Å². The number of amides is 1. The first-order valence-electron chi connectivity index (χ1n) is 9.92. The third-order valence-electron chi connectivity index (χ3n) is 5.36. The van der Waals surface area contributed by atoms with Crippen LogP contribution in [-0.4, -0.2) is 27.3 Å². The third-order valence-corrected chi connectivity index (χ3v) is 5.36. The first-order chi connectivity index (χ1) is 14.8. The Balaban J connectivity index is 1.51. The van der Waals surface area contributed by atoms with E-state index >= 15 is 0 Å². The van der Waals surface area contributed by atoms with Crippen LogP contribution in [0.2, 0.25) is 0 Å². The second-order valence-electron chi connectivity index (χ2n) is 7.47. The molecule has 0 atom stereocenters. The molecular formula is C23H20F3N3O2. The van der Waals surface area contributed by atoms with Crippen LogP contribution in [0.15, 0.2) is 59.4 Å². The van der Waals surface area contributed by atoms with Crippen molar-refractivity contribution in [3.05, 3.63) is 87.3 Å². The Bertz CT molecular complexity index is 1160. The number of nitrogens with zero attached hydrogens (tertiary/aromatic N) is 2. The highest BCUT2D eigenvalue weighted by Crippen LogP contribution is 2.31. The normalized spacial score (nSPS) is 13.7. The van der Waals surface area contributed by atoms with Crippen molar-refractivity contribution >= 4 is 5.91 Å². The fourth-order valence-electron chi connectivity index (χ4n) is 3.67. The zero-order chi connectivity index (χ0) is 22.0. The summed E-state index contributed by atoms with van der Waals surface area (Å²) < 4.78 is 39.0. The van der Waals surface area contributed by atoms with E-state index in [1.807, 2.05) is 30.3 Å². The molecule has 0 spiro atoms. The summed E-state index contributed by atoms with van der Waals surface area (Å²) in [5.74, 6) is 0.0505. The smallest absolute Gasteiger partial charge is 0.338 e. The van der Waals surface area contributed by atoms with Gasteiger partial charge in [0.2, 0.25) is 5.91 Å². The summed E-state index contributed by atoms with van der Waals surface area (Å²) in [6.07, 6.45) is -3.15. The molecule has 4 rings (SSSR count). The van der Waals surface area contributed by atoms with E-state index in [2.05, 4.69) is 9.97 Å². The van der Waals surface area contributed by atoms with Crippen molar-refractivity contribution in [1.82, 2.24) is 14.9 Å². The average molecular weight is 427 g/mol. The Morgan fingerprint density at radius 2 is 1.87 bits per heavy atom. The number of aromatic nitrogens is 2. The number of alkyl halides is 3. The Labute approximate surface area is 176 Å². The van der Waals surface area contributed by atoms with Crippen LogP contribution in [-0.2, 0) is 30.4 Å². The number of hydrogen-bond donors (Lipinski definition) is 1. The first-order valence-corrected chi connectivity index (χ1v) is 9.92. The Hall–Kier alpha value is -3.42. The van der Waals surface area contributed by atoms with Crippen LogP contribution >= 0.6 is 0 Å². The molecule has 0 fully saturated rings. The molecular weight excluding hydrogens is 407 g/mol. The van der Waals surface area contributed by atoms with E-state index in [9.17, 15) is 22.8 Å². The molecule has 3 aromatic rings. The summed E-state index contributed by atoms with van der Waals surface area (Å²) >= 11 is 0. The molecule has 1 aromatic heterocycles. The quantitative estimate of drug-likeness (QED) is 0.685. The fraction of sp³-hybridized carbons (Fsp3) is 0.261. The van der Waals surface area contributed by atoms with Gasteiger partial charge >= 0.3 is 6.18 Å². The lowest BCUT2D eigenvalue weighted by Gasteiger charge is -2.28. The molecule has 8 heteroatoms. The third kappa shape index (κ3) is 4.68. The number of nitrogens with one attached hydrogen (secondary N) is 1. The summed E-state index contributed by atoms with van der Waals surface area (Å²) in [4.78, 5) is 33.8. The van der Waals surface area contributed by atoms with Crippen LogP contribution < -0.4 is 5.56 Å². The molecule has 0 aliphatic carbocycles. The average Bonchev–Trinajstić information content (AvgIpc) is 2.77. The van der Waals surface area contributed by atoms with Crippen molar-refractivity contribution < 1.29 is 18.0 Å². The molecule has 31 heavy (non-hydrogen) atoms.